The van der Waals surface area contributed by atoms with E-state index < -0.39 is 5.82 Å². The Hall–Kier alpha value is -2.07. The van der Waals surface area contributed by atoms with Gasteiger partial charge in [-0.25, -0.2) is 4.39 Å². The Labute approximate surface area is 128 Å². The van der Waals surface area contributed by atoms with E-state index in [1.165, 1.54) is 18.2 Å². The highest BCUT2D eigenvalue weighted by molar-refractivity contribution is 6.31. The number of anilines is 2. The van der Waals surface area contributed by atoms with Gasteiger partial charge in [0.05, 0.1) is 11.6 Å². The van der Waals surface area contributed by atoms with Crippen molar-refractivity contribution in [1.82, 2.24) is 0 Å². The molecule has 2 N–H and O–H groups in total. The van der Waals surface area contributed by atoms with E-state index in [1.54, 1.807) is 0 Å². The fourth-order valence-corrected chi connectivity index (χ4v) is 2.06. The van der Waals surface area contributed by atoms with Crippen LogP contribution in [0.15, 0.2) is 36.4 Å². The molecule has 2 aromatic carbocycles. The Kier molecular flexibility index (Phi) is 4.81. The van der Waals surface area contributed by atoms with Crippen LogP contribution in [0.3, 0.4) is 0 Å². The monoisotopic (exact) mass is 306 g/mol. The first-order chi connectivity index (χ1) is 9.95. The predicted molar refractivity (Wildman–Crippen MR) is 84.4 cm³/mol. The van der Waals surface area contributed by atoms with Crippen molar-refractivity contribution in [3.05, 3.63) is 58.4 Å². The molecular weight excluding hydrogens is 291 g/mol. The largest absolute Gasteiger partial charge is 0.376 e. The van der Waals surface area contributed by atoms with Gasteiger partial charge in [0.1, 0.15) is 5.82 Å². The van der Waals surface area contributed by atoms with E-state index in [-0.39, 0.29) is 17.5 Å². The Morgan fingerprint density at radius 1 is 1.19 bits per heavy atom. The summed E-state index contributed by atoms with van der Waals surface area (Å²) >= 11 is 5.67. The maximum atomic E-state index is 13.0. The standard InChI is InChI=1S/C16H16ClFN2O/c1-10-3-4-11(2)15(7-10)19-9-16(21)20-12-5-6-14(18)13(17)8-12/h3-8,19H,9H2,1-2H3,(H,20,21). The van der Waals surface area contributed by atoms with Crippen LogP contribution in [-0.4, -0.2) is 12.5 Å². The molecule has 0 atom stereocenters. The van der Waals surface area contributed by atoms with Gasteiger partial charge in [0.15, 0.2) is 0 Å². The molecule has 1 amide bonds. The molecule has 0 saturated carbocycles. The lowest BCUT2D eigenvalue weighted by atomic mass is 10.1. The van der Waals surface area contributed by atoms with Gasteiger partial charge in [0, 0.05) is 11.4 Å². The maximum Gasteiger partial charge on any atom is 0.243 e. The molecule has 0 aromatic heterocycles. The zero-order valence-electron chi connectivity index (χ0n) is 11.8. The number of hydrogen-bond donors (Lipinski definition) is 2. The van der Waals surface area contributed by atoms with Crippen LogP contribution in [-0.2, 0) is 4.79 Å². The Bertz CT molecular complexity index is 673. The summed E-state index contributed by atoms with van der Waals surface area (Å²) in [6, 6.07) is 10.1. The molecule has 2 aromatic rings. The van der Waals surface area contributed by atoms with Crippen molar-refractivity contribution in [3.8, 4) is 0 Å². The lowest BCUT2D eigenvalue weighted by Crippen LogP contribution is -2.22. The van der Waals surface area contributed by atoms with Crippen LogP contribution in [0, 0.1) is 19.7 Å². The highest BCUT2D eigenvalue weighted by atomic mass is 35.5. The maximum absolute atomic E-state index is 13.0. The van der Waals surface area contributed by atoms with Crippen molar-refractivity contribution in [2.75, 3.05) is 17.2 Å². The molecule has 0 unspecified atom stereocenters. The fourth-order valence-electron chi connectivity index (χ4n) is 1.88. The fraction of sp³-hybridized carbons (Fsp3) is 0.188. The first kappa shape index (κ1) is 15.3. The van der Waals surface area contributed by atoms with Gasteiger partial charge in [-0.1, -0.05) is 23.7 Å². The van der Waals surface area contributed by atoms with Crippen molar-refractivity contribution in [2.45, 2.75) is 13.8 Å². The number of carbonyl (C=O) groups excluding carboxylic acids is 1. The van der Waals surface area contributed by atoms with Crippen molar-refractivity contribution in [2.24, 2.45) is 0 Å². The van der Waals surface area contributed by atoms with Crippen LogP contribution >= 0.6 is 11.6 Å². The van der Waals surface area contributed by atoms with Gasteiger partial charge < -0.3 is 10.6 Å². The summed E-state index contributed by atoms with van der Waals surface area (Å²) in [6.07, 6.45) is 0. The molecular formula is C16H16ClFN2O. The molecule has 21 heavy (non-hydrogen) atoms. The first-order valence-corrected chi connectivity index (χ1v) is 6.89. The van der Waals surface area contributed by atoms with Crippen LogP contribution in [0.2, 0.25) is 5.02 Å². The summed E-state index contributed by atoms with van der Waals surface area (Å²) in [5.74, 6) is -0.734. The van der Waals surface area contributed by atoms with Crippen LogP contribution in [0.4, 0.5) is 15.8 Å². The third kappa shape index (κ3) is 4.20. The van der Waals surface area contributed by atoms with Crippen LogP contribution in [0.25, 0.3) is 0 Å². The summed E-state index contributed by atoms with van der Waals surface area (Å²) in [5, 5.41) is 5.72. The molecule has 0 bridgehead atoms. The Morgan fingerprint density at radius 3 is 2.67 bits per heavy atom. The number of rotatable bonds is 4. The highest BCUT2D eigenvalue weighted by Gasteiger charge is 2.06. The number of halogens is 2. The van der Waals surface area contributed by atoms with Gasteiger partial charge in [-0.05, 0) is 49.2 Å². The zero-order valence-corrected chi connectivity index (χ0v) is 12.6. The predicted octanol–water partition coefficient (Wildman–Crippen LogP) is 4.15. The van der Waals surface area contributed by atoms with Crippen LogP contribution in [0.1, 0.15) is 11.1 Å². The second kappa shape index (κ2) is 6.59. The molecule has 110 valence electrons. The van der Waals surface area contributed by atoms with Crippen molar-refractivity contribution >= 4 is 28.9 Å². The Morgan fingerprint density at radius 2 is 1.95 bits per heavy atom. The highest BCUT2D eigenvalue weighted by Crippen LogP contribution is 2.19. The summed E-state index contributed by atoms with van der Waals surface area (Å²) < 4.78 is 13.0. The molecule has 0 aliphatic carbocycles. The molecule has 0 spiro atoms. The SMILES string of the molecule is Cc1ccc(C)c(NCC(=O)Nc2ccc(F)c(Cl)c2)c1. The van der Waals surface area contributed by atoms with Gasteiger partial charge in [-0.3, -0.25) is 4.79 Å². The normalized spacial score (nSPS) is 10.3. The van der Waals surface area contributed by atoms with Gasteiger partial charge in [0.25, 0.3) is 0 Å². The summed E-state index contributed by atoms with van der Waals surface area (Å²) in [4.78, 5) is 11.9. The van der Waals surface area contributed by atoms with Gasteiger partial charge in [-0.2, -0.15) is 0 Å². The second-order valence-electron chi connectivity index (χ2n) is 4.85. The number of aryl methyl sites for hydroxylation is 2. The second-order valence-corrected chi connectivity index (χ2v) is 5.26. The number of nitrogens with one attached hydrogen (secondary N) is 2. The van der Waals surface area contributed by atoms with E-state index in [9.17, 15) is 9.18 Å². The molecule has 2 rings (SSSR count). The molecule has 0 radical (unpaired) electrons. The molecule has 0 aliphatic heterocycles. The number of hydrogen-bond acceptors (Lipinski definition) is 2. The molecule has 0 aliphatic rings. The summed E-state index contributed by atoms with van der Waals surface area (Å²) in [6.45, 7) is 4.09. The quantitative estimate of drug-likeness (QED) is 0.891. The van der Waals surface area contributed by atoms with E-state index in [0.717, 1.165) is 16.8 Å². The van der Waals surface area contributed by atoms with Gasteiger partial charge in [0.2, 0.25) is 5.91 Å². The van der Waals surface area contributed by atoms with Crippen LogP contribution < -0.4 is 10.6 Å². The molecule has 0 heterocycles. The smallest absolute Gasteiger partial charge is 0.243 e. The van der Waals surface area contributed by atoms with Crippen LogP contribution in [0.5, 0.6) is 0 Å². The molecule has 3 nitrogen and oxygen atoms in total. The minimum atomic E-state index is -0.511. The first-order valence-electron chi connectivity index (χ1n) is 6.52. The summed E-state index contributed by atoms with van der Waals surface area (Å²) in [5.41, 5.74) is 3.57. The van der Waals surface area contributed by atoms with Crippen molar-refractivity contribution in [1.29, 1.82) is 0 Å². The molecule has 0 fully saturated rings. The van der Waals surface area contributed by atoms with E-state index in [4.69, 9.17) is 11.6 Å². The lowest BCUT2D eigenvalue weighted by Gasteiger charge is -2.11. The number of benzene rings is 2. The number of amides is 1. The van der Waals surface area contributed by atoms with Gasteiger partial charge in [-0.15, -0.1) is 0 Å². The van der Waals surface area contributed by atoms with Crippen molar-refractivity contribution < 1.29 is 9.18 Å². The van der Waals surface area contributed by atoms with E-state index >= 15 is 0 Å². The zero-order chi connectivity index (χ0) is 15.4. The third-order valence-electron chi connectivity index (χ3n) is 3.04. The van der Waals surface area contributed by atoms with E-state index in [1.807, 2.05) is 32.0 Å². The minimum absolute atomic E-state index is 0.0183. The number of carbonyl (C=O) groups is 1. The van der Waals surface area contributed by atoms with E-state index in [0.29, 0.717) is 5.69 Å². The molecule has 0 saturated heterocycles. The molecule has 5 heteroatoms. The average Bonchev–Trinajstić information content (AvgIpc) is 2.44. The van der Waals surface area contributed by atoms with E-state index in [2.05, 4.69) is 10.6 Å². The third-order valence-corrected chi connectivity index (χ3v) is 3.33. The topological polar surface area (TPSA) is 41.1 Å². The average molecular weight is 307 g/mol. The van der Waals surface area contributed by atoms with Crippen molar-refractivity contribution in [3.63, 3.8) is 0 Å². The van der Waals surface area contributed by atoms with Gasteiger partial charge >= 0.3 is 0 Å². The lowest BCUT2D eigenvalue weighted by molar-refractivity contribution is -0.114. The Balaban J connectivity index is 1.95. The summed E-state index contributed by atoms with van der Waals surface area (Å²) in [7, 11) is 0. The minimum Gasteiger partial charge on any atom is -0.376 e.